The number of allylic oxidation sites excluding steroid dienone is 5. The van der Waals surface area contributed by atoms with E-state index in [0.29, 0.717) is 0 Å². The normalized spacial score (nSPS) is 13.5. The van der Waals surface area contributed by atoms with Gasteiger partial charge in [0.25, 0.3) is 10.1 Å². The number of hydrogen-bond donors (Lipinski definition) is 3. The van der Waals surface area contributed by atoms with Crippen LogP contribution in [0.5, 0.6) is 0 Å². The molecule has 2 atom stereocenters. The molecule has 0 saturated heterocycles. The van der Waals surface area contributed by atoms with Crippen molar-refractivity contribution in [3.8, 4) is 0 Å². The van der Waals surface area contributed by atoms with Gasteiger partial charge in [-0.25, -0.2) is 0 Å². The van der Waals surface area contributed by atoms with Crippen LogP contribution >= 0.6 is 0 Å². The van der Waals surface area contributed by atoms with Crippen molar-refractivity contribution < 1.29 is 22.9 Å². The number of nitrogens with one attached hydrogen (secondary N) is 1. The fraction of sp³-hybridized carbons (Fsp3) is 0.854. The first-order valence-corrected chi connectivity index (χ1v) is 25.3. The van der Waals surface area contributed by atoms with E-state index in [1.807, 2.05) is 6.08 Å². The van der Waals surface area contributed by atoms with E-state index < -0.39 is 28.0 Å². The van der Waals surface area contributed by atoms with Gasteiger partial charge in [-0.2, -0.15) is 8.42 Å². The maximum Gasteiger partial charge on any atom is 0.267 e. The Bertz CT molecular complexity index is 1010. The first kappa shape index (κ1) is 53.6. The van der Waals surface area contributed by atoms with Gasteiger partial charge in [-0.15, -0.1) is 0 Å². The summed E-state index contributed by atoms with van der Waals surface area (Å²) in [5.41, 5.74) is 0. The van der Waals surface area contributed by atoms with Crippen molar-refractivity contribution in [1.29, 1.82) is 0 Å². The van der Waals surface area contributed by atoms with Crippen LogP contribution in [-0.2, 0) is 14.9 Å². The fourth-order valence-corrected chi connectivity index (χ4v) is 7.96. The van der Waals surface area contributed by atoms with E-state index in [-0.39, 0.29) is 12.3 Å². The van der Waals surface area contributed by atoms with Crippen LogP contribution in [0.4, 0.5) is 0 Å². The third-order valence-corrected chi connectivity index (χ3v) is 11.6. The van der Waals surface area contributed by atoms with Crippen LogP contribution in [0.1, 0.15) is 245 Å². The van der Waals surface area contributed by atoms with Gasteiger partial charge in [0.1, 0.15) is 0 Å². The summed E-state index contributed by atoms with van der Waals surface area (Å²) >= 11 is 0. The number of carbonyl (C=O) groups excluding carboxylic acids is 1. The summed E-state index contributed by atoms with van der Waals surface area (Å²) in [6, 6.07) is -1.07. The van der Waals surface area contributed by atoms with Crippen molar-refractivity contribution in [3.05, 3.63) is 36.5 Å². The molecule has 0 aliphatic rings. The maximum absolute atomic E-state index is 12.6. The quantitative estimate of drug-likeness (QED) is 0.0324. The molecule has 0 rings (SSSR count). The van der Waals surface area contributed by atoms with Gasteiger partial charge in [-0.05, 0) is 57.8 Å². The van der Waals surface area contributed by atoms with Crippen molar-refractivity contribution in [2.45, 2.75) is 257 Å². The second-order valence-electron chi connectivity index (χ2n) is 16.4. The standard InChI is InChI=1S/C48H91NO5S/c1-3-5-7-9-11-13-15-17-19-21-22-23-24-25-26-28-30-32-34-36-38-40-42-44-48(51)49-46(45-55(52,53)54)47(50)43-41-39-37-35-33-31-29-27-20-18-16-14-12-10-8-6-4-2/h21-22,33,35,41,43,46-47,50H,3-20,23-32,34,36-40,42,44-45H2,1-2H3,(H,49,51)(H,52,53,54)/b22-21-,35-33+,43-41+. The molecule has 0 aliphatic heterocycles. The van der Waals surface area contributed by atoms with Gasteiger partial charge in [0.05, 0.1) is 17.9 Å². The third kappa shape index (κ3) is 43.5. The molecule has 0 aromatic rings. The van der Waals surface area contributed by atoms with Crippen LogP contribution in [0, 0.1) is 0 Å². The molecule has 2 unspecified atom stereocenters. The maximum atomic E-state index is 12.6. The zero-order valence-corrected chi connectivity index (χ0v) is 37.1. The first-order chi connectivity index (χ1) is 26.8. The van der Waals surface area contributed by atoms with Gasteiger partial charge in [0.15, 0.2) is 0 Å². The molecule has 0 radical (unpaired) electrons. The molecule has 0 heterocycles. The van der Waals surface area contributed by atoms with E-state index in [9.17, 15) is 22.9 Å². The third-order valence-electron chi connectivity index (χ3n) is 10.8. The van der Waals surface area contributed by atoms with Gasteiger partial charge < -0.3 is 10.4 Å². The average Bonchev–Trinajstić information content (AvgIpc) is 3.15. The smallest absolute Gasteiger partial charge is 0.267 e. The molecule has 0 saturated carbocycles. The highest BCUT2D eigenvalue weighted by molar-refractivity contribution is 7.85. The van der Waals surface area contributed by atoms with Crippen molar-refractivity contribution in [2.75, 3.05) is 5.75 Å². The summed E-state index contributed by atoms with van der Waals surface area (Å²) in [5, 5.41) is 13.3. The molecule has 6 nitrogen and oxygen atoms in total. The van der Waals surface area contributed by atoms with Crippen LogP contribution in [0.3, 0.4) is 0 Å². The number of aliphatic hydroxyl groups is 1. The zero-order valence-electron chi connectivity index (χ0n) is 36.3. The van der Waals surface area contributed by atoms with Crippen LogP contribution in [0.25, 0.3) is 0 Å². The largest absolute Gasteiger partial charge is 0.387 e. The minimum atomic E-state index is -4.36. The number of unbranched alkanes of at least 4 members (excludes halogenated alkanes) is 31. The monoisotopic (exact) mass is 794 g/mol. The Morgan fingerprint density at radius 1 is 0.473 bits per heavy atom. The Kier molecular flexibility index (Phi) is 41.1. The summed E-state index contributed by atoms with van der Waals surface area (Å²) in [6.07, 6.45) is 55.7. The van der Waals surface area contributed by atoms with E-state index in [1.165, 1.54) is 192 Å². The molecule has 0 aliphatic carbocycles. The lowest BCUT2D eigenvalue weighted by Gasteiger charge is -2.21. The molecule has 0 aromatic carbocycles. The van der Waals surface area contributed by atoms with E-state index in [2.05, 4.69) is 43.5 Å². The highest BCUT2D eigenvalue weighted by Crippen LogP contribution is 2.15. The van der Waals surface area contributed by atoms with E-state index in [0.717, 1.165) is 38.5 Å². The number of hydrogen-bond acceptors (Lipinski definition) is 4. The topological polar surface area (TPSA) is 104 Å². The Morgan fingerprint density at radius 2 is 0.782 bits per heavy atom. The number of amides is 1. The summed E-state index contributed by atoms with van der Waals surface area (Å²) in [6.45, 7) is 4.54. The lowest BCUT2D eigenvalue weighted by atomic mass is 10.0. The lowest BCUT2D eigenvalue weighted by Crippen LogP contribution is -2.46. The minimum Gasteiger partial charge on any atom is -0.387 e. The van der Waals surface area contributed by atoms with Gasteiger partial charge in [0, 0.05) is 6.42 Å². The fourth-order valence-electron chi connectivity index (χ4n) is 7.23. The molecule has 3 N–H and O–H groups in total. The van der Waals surface area contributed by atoms with Gasteiger partial charge in [-0.1, -0.05) is 217 Å². The summed E-state index contributed by atoms with van der Waals surface area (Å²) in [5.74, 6) is -0.995. The SMILES string of the molecule is CCCCCCCCCC/C=C\CCCCCCCCCCCCCC(=O)NC(CS(=O)(=O)O)C(O)/C=C/CC/C=C/CCCCCCCCCCCCC. The van der Waals surface area contributed by atoms with Gasteiger partial charge in [0.2, 0.25) is 5.91 Å². The molecule has 0 spiro atoms. The van der Waals surface area contributed by atoms with Crippen LogP contribution < -0.4 is 5.32 Å². The van der Waals surface area contributed by atoms with Crippen LogP contribution in [-0.4, -0.2) is 41.9 Å². The van der Waals surface area contributed by atoms with E-state index in [1.54, 1.807) is 0 Å². The summed E-state index contributed by atoms with van der Waals surface area (Å²) < 4.78 is 32.6. The van der Waals surface area contributed by atoms with E-state index >= 15 is 0 Å². The second kappa shape index (κ2) is 42.2. The molecule has 324 valence electrons. The summed E-state index contributed by atoms with van der Waals surface area (Å²) in [7, 11) is -4.36. The van der Waals surface area contributed by atoms with Crippen molar-refractivity contribution >= 4 is 16.0 Å². The first-order valence-electron chi connectivity index (χ1n) is 23.7. The molecule has 55 heavy (non-hydrogen) atoms. The molecule has 0 fully saturated rings. The predicted molar refractivity (Wildman–Crippen MR) is 239 cm³/mol. The Morgan fingerprint density at radius 3 is 1.15 bits per heavy atom. The Labute approximate surface area is 342 Å². The van der Waals surface area contributed by atoms with Crippen molar-refractivity contribution in [1.82, 2.24) is 5.32 Å². The Hall–Kier alpha value is -1.44. The summed E-state index contributed by atoms with van der Waals surface area (Å²) in [4.78, 5) is 12.6. The molecule has 1 amide bonds. The van der Waals surface area contributed by atoms with Gasteiger partial charge in [-0.3, -0.25) is 9.35 Å². The predicted octanol–water partition coefficient (Wildman–Crippen LogP) is 14.5. The van der Waals surface area contributed by atoms with E-state index in [4.69, 9.17) is 0 Å². The highest BCUT2D eigenvalue weighted by atomic mass is 32.2. The molecule has 0 aromatic heterocycles. The zero-order chi connectivity index (χ0) is 40.3. The minimum absolute atomic E-state index is 0.287. The number of carbonyl (C=O) groups is 1. The molecular weight excluding hydrogens is 703 g/mol. The number of aliphatic hydroxyl groups excluding tert-OH is 1. The average molecular weight is 794 g/mol. The lowest BCUT2D eigenvalue weighted by molar-refractivity contribution is -0.122. The van der Waals surface area contributed by atoms with Gasteiger partial charge >= 0.3 is 0 Å². The number of rotatable bonds is 43. The Balaban J connectivity index is 3.85. The second-order valence-corrected chi connectivity index (χ2v) is 17.9. The molecule has 0 bridgehead atoms. The van der Waals surface area contributed by atoms with Crippen LogP contribution in [0.2, 0.25) is 0 Å². The van der Waals surface area contributed by atoms with Crippen LogP contribution in [0.15, 0.2) is 36.5 Å². The molecular formula is C48H91NO5S. The van der Waals surface area contributed by atoms with Crippen molar-refractivity contribution in [2.24, 2.45) is 0 Å². The molecule has 7 heteroatoms. The highest BCUT2D eigenvalue weighted by Gasteiger charge is 2.24. The van der Waals surface area contributed by atoms with Crippen molar-refractivity contribution in [3.63, 3.8) is 0 Å².